The molecule has 0 radical (unpaired) electrons. The average molecular weight is 296 g/mol. The maximum atomic E-state index is 12.2. The lowest BCUT2D eigenvalue weighted by molar-refractivity contribution is 0.0852. The lowest BCUT2D eigenvalue weighted by Gasteiger charge is -2.36. The number of carbonyl (C=O) groups excluding carboxylic acids is 1. The van der Waals surface area contributed by atoms with Gasteiger partial charge in [-0.1, -0.05) is 0 Å². The Hall–Kier alpha value is -2.67. The summed E-state index contributed by atoms with van der Waals surface area (Å²) in [4.78, 5) is 14.4. The summed E-state index contributed by atoms with van der Waals surface area (Å²) in [5.74, 6) is -0.120. The summed E-state index contributed by atoms with van der Waals surface area (Å²) in [7, 11) is 2.03. The van der Waals surface area contributed by atoms with E-state index in [9.17, 15) is 4.79 Å². The van der Waals surface area contributed by atoms with E-state index in [4.69, 9.17) is 0 Å². The van der Waals surface area contributed by atoms with Gasteiger partial charge in [0, 0.05) is 31.0 Å². The Morgan fingerprint density at radius 1 is 1.36 bits per heavy atom. The van der Waals surface area contributed by atoms with Gasteiger partial charge < -0.3 is 10.2 Å². The van der Waals surface area contributed by atoms with Gasteiger partial charge in [-0.2, -0.15) is 10.2 Å². The van der Waals surface area contributed by atoms with Crippen molar-refractivity contribution in [2.45, 2.75) is 6.04 Å². The van der Waals surface area contributed by atoms with E-state index in [1.165, 1.54) is 0 Å². The molecule has 7 nitrogen and oxygen atoms in total. The summed E-state index contributed by atoms with van der Waals surface area (Å²) < 4.78 is 1.71. The second-order valence-corrected chi connectivity index (χ2v) is 5.68. The van der Waals surface area contributed by atoms with Crippen LogP contribution in [0.1, 0.15) is 10.5 Å². The molecule has 1 aliphatic rings. The van der Waals surface area contributed by atoms with E-state index in [1.807, 2.05) is 31.4 Å². The van der Waals surface area contributed by atoms with Crippen LogP contribution in [0.2, 0.25) is 0 Å². The number of likely N-dealkylation sites (N-methyl/N-ethyl adjacent to an activating group) is 1. The van der Waals surface area contributed by atoms with Crippen molar-refractivity contribution in [3.63, 3.8) is 0 Å². The first-order valence-corrected chi connectivity index (χ1v) is 7.17. The van der Waals surface area contributed by atoms with Crippen LogP contribution >= 0.6 is 0 Å². The second kappa shape index (κ2) is 4.96. The number of nitrogens with one attached hydrogen (secondary N) is 2. The van der Waals surface area contributed by atoms with E-state index in [0.717, 1.165) is 29.9 Å². The Kier molecular flexibility index (Phi) is 2.93. The summed E-state index contributed by atoms with van der Waals surface area (Å²) >= 11 is 0. The van der Waals surface area contributed by atoms with Gasteiger partial charge in [-0.25, -0.2) is 4.52 Å². The Labute approximate surface area is 126 Å². The zero-order valence-electron chi connectivity index (χ0n) is 12.2. The predicted molar refractivity (Wildman–Crippen MR) is 81.5 cm³/mol. The first kappa shape index (κ1) is 13.0. The number of hydrogen-bond donors (Lipinski definition) is 2. The molecule has 1 aliphatic heterocycles. The Bertz CT molecular complexity index is 816. The van der Waals surface area contributed by atoms with Gasteiger partial charge in [0.25, 0.3) is 5.91 Å². The lowest BCUT2D eigenvalue weighted by Crippen LogP contribution is -2.57. The Balaban J connectivity index is 1.59. The van der Waals surface area contributed by atoms with Crippen LogP contribution in [0.4, 0.5) is 0 Å². The topological polar surface area (TPSA) is 78.3 Å². The highest BCUT2D eigenvalue weighted by Crippen LogP contribution is 2.19. The molecule has 0 unspecified atom stereocenters. The van der Waals surface area contributed by atoms with Crippen LogP contribution in [0, 0.1) is 0 Å². The summed E-state index contributed by atoms with van der Waals surface area (Å²) in [6.07, 6.45) is 3.56. The number of rotatable bonds is 3. The van der Waals surface area contributed by atoms with Crippen LogP contribution in [0.5, 0.6) is 0 Å². The number of amides is 1. The molecule has 3 aromatic heterocycles. The first-order valence-electron chi connectivity index (χ1n) is 7.17. The van der Waals surface area contributed by atoms with E-state index in [0.29, 0.717) is 5.69 Å². The third-order valence-electron chi connectivity index (χ3n) is 3.91. The molecule has 7 heteroatoms. The minimum absolute atomic E-state index is 0.120. The average Bonchev–Trinajstić information content (AvgIpc) is 3.13. The van der Waals surface area contributed by atoms with Crippen LogP contribution in [-0.4, -0.2) is 56.8 Å². The van der Waals surface area contributed by atoms with Crippen LogP contribution in [0.3, 0.4) is 0 Å². The molecule has 1 amide bonds. The third-order valence-corrected chi connectivity index (χ3v) is 3.91. The quantitative estimate of drug-likeness (QED) is 0.748. The highest BCUT2D eigenvalue weighted by molar-refractivity contribution is 5.94. The van der Waals surface area contributed by atoms with Gasteiger partial charge in [0.05, 0.1) is 17.3 Å². The molecule has 1 fully saturated rings. The molecule has 22 heavy (non-hydrogen) atoms. The monoisotopic (exact) mass is 296 g/mol. The Morgan fingerprint density at radius 3 is 2.95 bits per heavy atom. The van der Waals surface area contributed by atoms with Crippen molar-refractivity contribution in [1.82, 2.24) is 30.0 Å². The number of likely N-dealkylation sites (tertiary alicyclic amines) is 1. The van der Waals surface area contributed by atoms with E-state index >= 15 is 0 Å². The predicted octanol–water partition coefficient (Wildman–Crippen LogP) is 0.768. The molecule has 3 aromatic rings. The molecule has 112 valence electrons. The standard InChI is InChI=1S/C15H16N6O/c1-20-8-11(9-20)17-15(22)14-7-12-6-10(3-5-21(12)19-14)13-2-4-16-18-13/h2-7,11H,8-9H2,1H3,(H,16,18)(H,17,22). The van der Waals surface area contributed by atoms with Crippen LogP contribution < -0.4 is 5.32 Å². The van der Waals surface area contributed by atoms with Gasteiger partial charge in [-0.15, -0.1) is 0 Å². The number of aromatic amines is 1. The number of hydrogen-bond acceptors (Lipinski definition) is 4. The van der Waals surface area contributed by atoms with Crippen molar-refractivity contribution >= 4 is 11.4 Å². The zero-order chi connectivity index (χ0) is 15.1. The van der Waals surface area contributed by atoms with Crippen molar-refractivity contribution in [3.05, 3.63) is 42.4 Å². The number of nitrogens with zero attached hydrogens (tertiary/aromatic N) is 4. The Morgan fingerprint density at radius 2 is 2.23 bits per heavy atom. The summed E-state index contributed by atoms with van der Waals surface area (Å²) in [6, 6.07) is 7.85. The fourth-order valence-electron chi connectivity index (χ4n) is 2.74. The normalized spacial score (nSPS) is 15.9. The van der Waals surface area contributed by atoms with Gasteiger partial charge in [0.15, 0.2) is 5.69 Å². The van der Waals surface area contributed by atoms with Crippen molar-refractivity contribution in [2.75, 3.05) is 20.1 Å². The largest absolute Gasteiger partial charge is 0.345 e. The van der Waals surface area contributed by atoms with Gasteiger partial charge in [-0.3, -0.25) is 9.89 Å². The van der Waals surface area contributed by atoms with Gasteiger partial charge in [0.2, 0.25) is 0 Å². The number of fused-ring (bicyclic) bond motifs is 1. The van der Waals surface area contributed by atoms with Gasteiger partial charge in [-0.05, 0) is 31.3 Å². The number of aromatic nitrogens is 4. The lowest BCUT2D eigenvalue weighted by atomic mass is 10.1. The molecule has 4 heterocycles. The van der Waals surface area contributed by atoms with E-state index in [1.54, 1.807) is 16.8 Å². The van der Waals surface area contributed by atoms with E-state index < -0.39 is 0 Å². The second-order valence-electron chi connectivity index (χ2n) is 5.68. The van der Waals surface area contributed by atoms with Gasteiger partial charge in [0.1, 0.15) is 0 Å². The molecule has 0 bridgehead atoms. The molecule has 0 aromatic carbocycles. The van der Waals surface area contributed by atoms with Crippen molar-refractivity contribution < 1.29 is 4.79 Å². The van der Waals surface area contributed by atoms with Crippen LogP contribution in [-0.2, 0) is 0 Å². The maximum Gasteiger partial charge on any atom is 0.272 e. The van der Waals surface area contributed by atoms with Crippen molar-refractivity contribution in [2.24, 2.45) is 0 Å². The molecular formula is C15H16N6O. The number of carbonyl (C=O) groups is 1. The minimum Gasteiger partial charge on any atom is -0.345 e. The number of pyridine rings is 1. The van der Waals surface area contributed by atoms with Crippen molar-refractivity contribution in [1.29, 1.82) is 0 Å². The maximum absolute atomic E-state index is 12.2. The molecule has 0 saturated carbocycles. The van der Waals surface area contributed by atoms with Crippen molar-refractivity contribution in [3.8, 4) is 11.3 Å². The fourth-order valence-corrected chi connectivity index (χ4v) is 2.74. The highest BCUT2D eigenvalue weighted by Gasteiger charge is 2.25. The van der Waals surface area contributed by atoms with Crippen LogP contribution in [0.15, 0.2) is 36.7 Å². The summed E-state index contributed by atoms with van der Waals surface area (Å²) in [6.45, 7) is 1.78. The van der Waals surface area contributed by atoms with Crippen LogP contribution in [0.25, 0.3) is 16.8 Å². The molecule has 0 aliphatic carbocycles. The molecule has 0 atom stereocenters. The molecule has 2 N–H and O–H groups in total. The minimum atomic E-state index is -0.120. The summed E-state index contributed by atoms with van der Waals surface area (Å²) in [5, 5.41) is 14.2. The first-order chi connectivity index (χ1) is 10.7. The highest BCUT2D eigenvalue weighted by atomic mass is 16.2. The molecule has 4 rings (SSSR count). The molecule has 0 spiro atoms. The third kappa shape index (κ3) is 2.25. The molecular weight excluding hydrogens is 280 g/mol. The zero-order valence-corrected chi connectivity index (χ0v) is 12.2. The molecule has 1 saturated heterocycles. The van der Waals surface area contributed by atoms with Gasteiger partial charge >= 0.3 is 0 Å². The van der Waals surface area contributed by atoms with E-state index in [2.05, 4.69) is 25.5 Å². The smallest absolute Gasteiger partial charge is 0.272 e. The van der Waals surface area contributed by atoms with E-state index in [-0.39, 0.29) is 11.9 Å². The summed E-state index contributed by atoms with van der Waals surface area (Å²) in [5.41, 5.74) is 3.27. The SMILES string of the molecule is CN1CC(NC(=O)c2cc3cc(-c4ccn[nH]4)ccn3n2)C1. The number of H-pyrrole nitrogens is 1. The fraction of sp³-hybridized carbons (Fsp3) is 0.267.